The Morgan fingerprint density at radius 1 is 1.43 bits per heavy atom. The van der Waals surface area contributed by atoms with Crippen LogP contribution in [0.3, 0.4) is 0 Å². The lowest BCUT2D eigenvalue weighted by Crippen LogP contribution is -2.17. The summed E-state index contributed by atoms with van der Waals surface area (Å²) in [6.45, 7) is 4.27. The first-order valence-corrected chi connectivity index (χ1v) is 4.78. The molecule has 1 aliphatic heterocycles. The van der Waals surface area contributed by atoms with Crippen LogP contribution in [0.1, 0.15) is 25.6 Å². The molecule has 1 aliphatic rings. The Kier molecular flexibility index (Phi) is 2.52. The second kappa shape index (κ2) is 3.67. The normalized spacial score (nSPS) is 37.6. The molecule has 0 aliphatic carbocycles. The van der Waals surface area contributed by atoms with Gasteiger partial charge < -0.3 is 9.47 Å². The fourth-order valence-electron chi connectivity index (χ4n) is 1.87. The van der Waals surface area contributed by atoms with Gasteiger partial charge in [0.2, 0.25) is 0 Å². The fraction of sp³-hybridized carbons (Fsp3) is 0.778. The van der Waals surface area contributed by atoms with Crippen LogP contribution in [0.15, 0.2) is 6.20 Å². The van der Waals surface area contributed by atoms with Crippen molar-refractivity contribution in [2.45, 2.75) is 26.2 Å². The van der Waals surface area contributed by atoms with E-state index in [1.165, 1.54) is 0 Å². The van der Waals surface area contributed by atoms with E-state index in [1.807, 2.05) is 0 Å². The van der Waals surface area contributed by atoms with Gasteiger partial charge in [-0.2, -0.15) is 15.4 Å². The van der Waals surface area contributed by atoms with E-state index < -0.39 is 0 Å². The molecule has 78 valence electrons. The number of aromatic amines is 1. The number of hydrogen-bond acceptors (Lipinski definition) is 4. The van der Waals surface area contributed by atoms with Crippen LogP contribution in [-0.2, 0) is 9.47 Å². The molecule has 5 nitrogen and oxygen atoms in total. The van der Waals surface area contributed by atoms with Crippen molar-refractivity contribution in [1.29, 1.82) is 0 Å². The lowest BCUT2D eigenvalue weighted by atomic mass is 9.92. The zero-order valence-corrected chi connectivity index (χ0v) is 8.60. The van der Waals surface area contributed by atoms with Gasteiger partial charge >= 0.3 is 0 Å². The average molecular weight is 197 g/mol. The van der Waals surface area contributed by atoms with Crippen LogP contribution in [0, 0.1) is 11.8 Å². The van der Waals surface area contributed by atoms with Crippen LogP contribution in [0.2, 0.25) is 0 Å². The summed E-state index contributed by atoms with van der Waals surface area (Å²) >= 11 is 0. The van der Waals surface area contributed by atoms with Crippen LogP contribution in [-0.4, -0.2) is 28.8 Å². The number of ether oxygens (including phenoxy) is 2. The smallest absolute Gasteiger partial charge is 0.161 e. The maximum Gasteiger partial charge on any atom is 0.161 e. The predicted molar refractivity (Wildman–Crippen MR) is 49.3 cm³/mol. The molecule has 4 atom stereocenters. The van der Waals surface area contributed by atoms with Crippen molar-refractivity contribution >= 4 is 0 Å². The van der Waals surface area contributed by atoms with Gasteiger partial charge in [0.15, 0.2) is 6.29 Å². The van der Waals surface area contributed by atoms with Gasteiger partial charge in [0.1, 0.15) is 11.8 Å². The predicted octanol–water partition coefficient (Wildman–Crippen LogP) is 1.12. The average Bonchev–Trinajstić information content (AvgIpc) is 2.78. The lowest BCUT2D eigenvalue weighted by molar-refractivity contribution is -0.131. The highest BCUT2D eigenvalue weighted by atomic mass is 16.7. The summed E-state index contributed by atoms with van der Waals surface area (Å²) in [5, 5.41) is 10.4. The van der Waals surface area contributed by atoms with Crippen LogP contribution in [0.5, 0.6) is 0 Å². The minimum Gasteiger partial charge on any atom is -0.356 e. The Balaban J connectivity index is 2.16. The van der Waals surface area contributed by atoms with E-state index >= 15 is 0 Å². The summed E-state index contributed by atoms with van der Waals surface area (Å²) in [7, 11) is 1.67. The number of hydrogen-bond donors (Lipinski definition) is 1. The van der Waals surface area contributed by atoms with Crippen molar-refractivity contribution in [3.8, 4) is 0 Å². The molecule has 1 aromatic rings. The van der Waals surface area contributed by atoms with Gasteiger partial charge in [-0.05, 0) is 5.92 Å². The Morgan fingerprint density at radius 3 is 2.71 bits per heavy atom. The molecular weight excluding hydrogens is 182 g/mol. The van der Waals surface area contributed by atoms with Crippen molar-refractivity contribution in [2.24, 2.45) is 11.8 Å². The zero-order chi connectivity index (χ0) is 10.1. The van der Waals surface area contributed by atoms with Gasteiger partial charge in [0.25, 0.3) is 0 Å². The summed E-state index contributed by atoms with van der Waals surface area (Å²) in [5.41, 5.74) is 0.851. The number of rotatable bonds is 2. The molecule has 0 radical (unpaired) electrons. The lowest BCUT2D eigenvalue weighted by Gasteiger charge is -2.13. The monoisotopic (exact) mass is 197 g/mol. The van der Waals surface area contributed by atoms with Crippen molar-refractivity contribution in [3.05, 3.63) is 11.9 Å². The van der Waals surface area contributed by atoms with E-state index in [0.29, 0.717) is 11.8 Å². The number of methoxy groups -OCH3 is 1. The summed E-state index contributed by atoms with van der Waals surface area (Å²) in [6, 6.07) is 0. The second-order valence-corrected chi connectivity index (χ2v) is 3.77. The molecular formula is C9H15N3O2. The molecule has 1 N–H and O–H groups in total. The molecule has 0 bridgehead atoms. The van der Waals surface area contributed by atoms with Gasteiger partial charge in [-0.1, -0.05) is 13.8 Å². The second-order valence-electron chi connectivity index (χ2n) is 3.77. The number of nitrogens with one attached hydrogen (secondary N) is 1. The van der Waals surface area contributed by atoms with Crippen molar-refractivity contribution in [3.63, 3.8) is 0 Å². The quantitative estimate of drug-likeness (QED) is 0.771. The third-order valence-electron chi connectivity index (χ3n) is 2.97. The Morgan fingerprint density at radius 2 is 2.21 bits per heavy atom. The van der Waals surface area contributed by atoms with Crippen LogP contribution in [0.25, 0.3) is 0 Å². The van der Waals surface area contributed by atoms with Crippen LogP contribution < -0.4 is 0 Å². The van der Waals surface area contributed by atoms with Gasteiger partial charge in [0.05, 0.1) is 6.20 Å². The minimum absolute atomic E-state index is 0.00583. The minimum atomic E-state index is -0.133. The summed E-state index contributed by atoms with van der Waals surface area (Å²) < 4.78 is 11.0. The molecule has 1 fully saturated rings. The van der Waals surface area contributed by atoms with Gasteiger partial charge in [-0.3, -0.25) is 0 Å². The third-order valence-corrected chi connectivity index (χ3v) is 2.97. The van der Waals surface area contributed by atoms with Gasteiger partial charge in [0, 0.05) is 13.0 Å². The fourth-order valence-corrected chi connectivity index (χ4v) is 1.87. The topological polar surface area (TPSA) is 60.0 Å². The van der Waals surface area contributed by atoms with Gasteiger partial charge in [-0.15, -0.1) is 0 Å². The molecule has 2 rings (SSSR count). The molecule has 5 heteroatoms. The first kappa shape index (κ1) is 9.61. The van der Waals surface area contributed by atoms with E-state index in [9.17, 15) is 0 Å². The van der Waals surface area contributed by atoms with Crippen molar-refractivity contribution < 1.29 is 9.47 Å². The van der Waals surface area contributed by atoms with Crippen molar-refractivity contribution in [2.75, 3.05) is 7.11 Å². The highest BCUT2D eigenvalue weighted by molar-refractivity contribution is 5.02. The molecule has 0 aromatic carbocycles. The highest BCUT2D eigenvalue weighted by Crippen LogP contribution is 2.40. The Labute approximate surface area is 82.8 Å². The van der Waals surface area contributed by atoms with E-state index in [1.54, 1.807) is 13.3 Å². The molecule has 1 saturated heterocycles. The van der Waals surface area contributed by atoms with Gasteiger partial charge in [-0.25, -0.2) is 0 Å². The largest absolute Gasteiger partial charge is 0.356 e. The summed E-state index contributed by atoms with van der Waals surface area (Å²) in [4.78, 5) is 0. The van der Waals surface area contributed by atoms with E-state index in [4.69, 9.17) is 9.47 Å². The number of aromatic nitrogens is 3. The van der Waals surface area contributed by atoms with E-state index in [-0.39, 0.29) is 12.4 Å². The molecule has 14 heavy (non-hydrogen) atoms. The molecule has 1 unspecified atom stereocenters. The van der Waals surface area contributed by atoms with E-state index in [2.05, 4.69) is 29.3 Å². The van der Waals surface area contributed by atoms with Crippen LogP contribution >= 0.6 is 0 Å². The molecule has 1 aromatic heterocycles. The Hall–Kier alpha value is -0.940. The molecule has 0 saturated carbocycles. The highest BCUT2D eigenvalue weighted by Gasteiger charge is 2.41. The SMILES string of the molecule is COC1O[C@H](c2cn[nH]n2)[C@@H](C)[C@H]1C. The third kappa shape index (κ3) is 1.42. The first-order chi connectivity index (χ1) is 6.74. The zero-order valence-electron chi connectivity index (χ0n) is 8.60. The number of nitrogens with zero attached hydrogens (tertiary/aromatic N) is 2. The van der Waals surface area contributed by atoms with E-state index in [0.717, 1.165) is 5.69 Å². The molecule has 0 amide bonds. The standard InChI is InChI=1S/C9H15N3O2/c1-5-6(2)9(13-3)14-8(5)7-4-10-12-11-7/h4-6,8-9H,1-3H3,(H,10,11,12)/t5-,6+,8-,9?/m0/s1. The van der Waals surface area contributed by atoms with Crippen molar-refractivity contribution in [1.82, 2.24) is 15.4 Å². The number of H-pyrrole nitrogens is 1. The van der Waals surface area contributed by atoms with Crippen LogP contribution in [0.4, 0.5) is 0 Å². The molecule has 0 spiro atoms. The maximum absolute atomic E-state index is 5.73. The Bertz CT molecular complexity index is 288. The summed E-state index contributed by atoms with van der Waals surface area (Å²) in [6.07, 6.45) is 1.56. The first-order valence-electron chi connectivity index (χ1n) is 4.78. The molecule has 2 heterocycles. The maximum atomic E-state index is 5.73. The summed E-state index contributed by atoms with van der Waals surface area (Å²) in [5.74, 6) is 0.770.